The smallest absolute Gasteiger partial charge is 0.251 e. The van der Waals surface area contributed by atoms with Crippen molar-refractivity contribution in [3.8, 4) is 0 Å². The van der Waals surface area contributed by atoms with Gasteiger partial charge in [0.15, 0.2) is 0 Å². The van der Waals surface area contributed by atoms with Crippen molar-refractivity contribution in [3.63, 3.8) is 0 Å². The molecule has 1 spiro atoms. The molecule has 2 fully saturated rings. The van der Waals surface area contributed by atoms with Gasteiger partial charge in [-0.05, 0) is 25.8 Å². The Morgan fingerprint density at radius 2 is 2.36 bits per heavy atom. The fraction of sp³-hybridized carbons (Fsp3) is 0.750. The molecule has 1 aromatic rings. The van der Waals surface area contributed by atoms with Crippen LogP contribution in [0.1, 0.15) is 24.8 Å². The lowest BCUT2D eigenvalue weighted by molar-refractivity contribution is -0.138. The molecule has 6 heteroatoms. The standard InChI is InChI=1S/C16H26N4O2/c1-18(2)15(21)14-7-16(12-22-14)5-4-6-20(11-16)10-13-8-17-19(3)9-13/h8-9,14H,4-7,10-12H2,1-3H3/t14-,16+/m1/s1. The maximum atomic E-state index is 12.1. The Morgan fingerprint density at radius 3 is 3.05 bits per heavy atom. The predicted octanol–water partition coefficient (Wildman–Crippen LogP) is 0.879. The number of ether oxygens (including phenoxy) is 1. The monoisotopic (exact) mass is 306 g/mol. The van der Waals surface area contributed by atoms with Gasteiger partial charge >= 0.3 is 0 Å². The molecule has 3 rings (SSSR count). The van der Waals surface area contributed by atoms with E-state index in [1.54, 1.807) is 19.0 Å². The summed E-state index contributed by atoms with van der Waals surface area (Å²) in [7, 11) is 5.54. The molecule has 1 amide bonds. The fourth-order valence-corrected chi connectivity index (χ4v) is 3.78. The highest BCUT2D eigenvalue weighted by Crippen LogP contribution is 2.41. The first-order valence-electron chi connectivity index (χ1n) is 8.00. The first kappa shape index (κ1) is 15.5. The molecule has 22 heavy (non-hydrogen) atoms. The van der Waals surface area contributed by atoms with E-state index in [1.807, 2.05) is 17.9 Å². The molecule has 0 saturated carbocycles. The number of likely N-dealkylation sites (N-methyl/N-ethyl adjacent to an activating group) is 1. The summed E-state index contributed by atoms with van der Waals surface area (Å²) in [5, 5.41) is 4.24. The van der Waals surface area contributed by atoms with E-state index in [0.29, 0.717) is 6.61 Å². The van der Waals surface area contributed by atoms with Crippen molar-refractivity contribution in [1.29, 1.82) is 0 Å². The minimum Gasteiger partial charge on any atom is -0.368 e. The van der Waals surface area contributed by atoms with Crippen LogP contribution in [0.4, 0.5) is 0 Å². The number of carbonyl (C=O) groups excluding carboxylic acids is 1. The van der Waals surface area contributed by atoms with Gasteiger partial charge in [-0.1, -0.05) is 0 Å². The van der Waals surface area contributed by atoms with Crippen LogP contribution < -0.4 is 0 Å². The topological polar surface area (TPSA) is 50.6 Å². The SMILES string of the molecule is CN(C)C(=O)[C@H]1C[C@]2(CCCN(Cc3cnn(C)c3)C2)CO1. The fourth-order valence-electron chi connectivity index (χ4n) is 3.78. The van der Waals surface area contributed by atoms with Gasteiger partial charge in [-0.2, -0.15) is 5.10 Å². The van der Waals surface area contributed by atoms with Crippen LogP contribution >= 0.6 is 0 Å². The highest BCUT2D eigenvalue weighted by Gasteiger charge is 2.45. The summed E-state index contributed by atoms with van der Waals surface area (Å²) in [6, 6.07) is 0. The lowest BCUT2D eigenvalue weighted by Crippen LogP contribution is -2.43. The molecular weight excluding hydrogens is 280 g/mol. The molecule has 2 atom stereocenters. The Morgan fingerprint density at radius 1 is 1.55 bits per heavy atom. The third-order valence-corrected chi connectivity index (χ3v) is 4.83. The zero-order valence-corrected chi connectivity index (χ0v) is 13.8. The van der Waals surface area contributed by atoms with Crippen LogP contribution in [-0.4, -0.2) is 65.4 Å². The second-order valence-corrected chi connectivity index (χ2v) is 7.07. The van der Waals surface area contributed by atoms with Crippen molar-refractivity contribution in [2.24, 2.45) is 12.5 Å². The van der Waals surface area contributed by atoms with Crippen LogP contribution in [-0.2, 0) is 23.1 Å². The average Bonchev–Trinajstić information content (AvgIpc) is 3.05. The number of hydrogen-bond acceptors (Lipinski definition) is 4. The summed E-state index contributed by atoms with van der Waals surface area (Å²) < 4.78 is 7.68. The van der Waals surface area contributed by atoms with E-state index in [-0.39, 0.29) is 17.4 Å². The molecule has 0 N–H and O–H groups in total. The van der Waals surface area contributed by atoms with Gasteiger partial charge in [0.05, 0.1) is 12.8 Å². The lowest BCUT2D eigenvalue weighted by Gasteiger charge is -2.39. The molecule has 6 nitrogen and oxygen atoms in total. The molecule has 2 saturated heterocycles. The molecule has 0 aliphatic carbocycles. The number of aromatic nitrogens is 2. The average molecular weight is 306 g/mol. The predicted molar refractivity (Wildman–Crippen MR) is 83.2 cm³/mol. The third kappa shape index (κ3) is 3.17. The molecule has 122 valence electrons. The number of nitrogens with zero attached hydrogens (tertiary/aromatic N) is 4. The minimum absolute atomic E-state index is 0.0984. The lowest BCUT2D eigenvalue weighted by atomic mass is 9.78. The van der Waals surface area contributed by atoms with Crippen molar-refractivity contribution in [2.75, 3.05) is 33.8 Å². The van der Waals surface area contributed by atoms with Crippen molar-refractivity contribution < 1.29 is 9.53 Å². The Hall–Kier alpha value is -1.40. The molecule has 1 aromatic heterocycles. The number of amides is 1. The number of piperidine rings is 1. The largest absolute Gasteiger partial charge is 0.368 e. The van der Waals surface area contributed by atoms with Crippen molar-refractivity contribution in [3.05, 3.63) is 18.0 Å². The summed E-state index contributed by atoms with van der Waals surface area (Å²) >= 11 is 0. The van der Waals surface area contributed by atoms with E-state index in [0.717, 1.165) is 32.5 Å². The Kier molecular flexibility index (Phi) is 4.23. The van der Waals surface area contributed by atoms with E-state index < -0.39 is 0 Å². The number of rotatable bonds is 3. The van der Waals surface area contributed by atoms with E-state index >= 15 is 0 Å². The molecule has 0 unspecified atom stereocenters. The highest BCUT2D eigenvalue weighted by molar-refractivity contribution is 5.80. The maximum absolute atomic E-state index is 12.1. The molecule has 0 bridgehead atoms. The van der Waals surface area contributed by atoms with Crippen molar-refractivity contribution in [2.45, 2.75) is 31.9 Å². The summed E-state index contributed by atoms with van der Waals surface area (Å²) in [5.41, 5.74) is 1.40. The van der Waals surface area contributed by atoms with Crippen LogP contribution in [0.15, 0.2) is 12.4 Å². The number of hydrogen-bond donors (Lipinski definition) is 0. The Labute approximate surface area is 132 Å². The van der Waals surface area contributed by atoms with Gasteiger partial charge in [0.25, 0.3) is 5.91 Å². The molecule has 2 aliphatic heterocycles. The zero-order valence-electron chi connectivity index (χ0n) is 13.8. The second kappa shape index (κ2) is 6.01. The summed E-state index contributed by atoms with van der Waals surface area (Å²) in [4.78, 5) is 16.2. The van der Waals surface area contributed by atoms with E-state index in [9.17, 15) is 4.79 Å². The number of carbonyl (C=O) groups is 1. The molecule has 2 aliphatic rings. The van der Waals surface area contributed by atoms with E-state index in [1.165, 1.54) is 12.0 Å². The van der Waals surface area contributed by atoms with Crippen molar-refractivity contribution >= 4 is 5.91 Å². The van der Waals surface area contributed by atoms with Crippen molar-refractivity contribution in [1.82, 2.24) is 19.6 Å². The van der Waals surface area contributed by atoms with Gasteiger partial charge in [-0.25, -0.2) is 0 Å². The molecular formula is C16H26N4O2. The summed E-state index contributed by atoms with van der Waals surface area (Å²) in [6.07, 6.45) is 6.94. The van der Waals surface area contributed by atoms with Gasteiger partial charge in [0.1, 0.15) is 6.10 Å². The van der Waals surface area contributed by atoms with Gasteiger partial charge in [0.2, 0.25) is 0 Å². The van der Waals surface area contributed by atoms with Crippen LogP contribution in [0.25, 0.3) is 0 Å². The summed E-state index contributed by atoms with van der Waals surface area (Å²) in [5.74, 6) is 0.0984. The Bertz CT molecular complexity index is 542. The van der Waals surface area contributed by atoms with Gasteiger partial charge in [0, 0.05) is 51.4 Å². The normalized spacial score (nSPS) is 29.1. The van der Waals surface area contributed by atoms with E-state index in [2.05, 4.69) is 16.2 Å². The molecule has 0 aromatic carbocycles. The van der Waals surface area contributed by atoms with Crippen LogP contribution in [0.3, 0.4) is 0 Å². The van der Waals surface area contributed by atoms with Gasteiger partial charge in [-0.15, -0.1) is 0 Å². The van der Waals surface area contributed by atoms with Crippen LogP contribution in [0, 0.1) is 5.41 Å². The summed E-state index contributed by atoms with van der Waals surface area (Å²) in [6.45, 7) is 3.77. The minimum atomic E-state index is -0.256. The van der Waals surface area contributed by atoms with Crippen LogP contribution in [0.2, 0.25) is 0 Å². The molecule has 3 heterocycles. The molecule has 0 radical (unpaired) electrons. The first-order valence-corrected chi connectivity index (χ1v) is 8.00. The van der Waals surface area contributed by atoms with Gasteiger partial charge < -0.3 is 9.64 Å². The Balaban J connectivity index is 1.62. The van der Waals surface area contributed by atoms with Gasteiger partial charge in [-0.3, -0.25) is 14.4 Å². The highest BCUT2D eigenvalue weighted by atomic mass is 16.5. The second-order valence-electron chi connectivity index (χ2n) is 7.07. The van der Waals surface area contributed by atoms with E-state index in [4.69, 9.17) is 4.74 Å². The number of likely N-dealkylation sites (tertiary alicyclic amines) is 1. The van der Waals surface area contributed by atoms with Crippen LogP contribution in [0.5, 0.6) is 0 Å². The zero-order chi connectivity index (χ0) is 15.7. The number of aryl methyl sites for hydroxylation is 1. The first-order chi connectivity index (χ1) is 10.5. The third-order valence-electron chi connectivity index (χ3n) is 4.83. The maximum Gasteiger partial charge on any atom is 0.251 e. The quantitative estimate of drug-likeness (QED) is 0.832.